The molecule has 0 saturated heterocycles. The first-order valence-electron chi connectivity index (χ1n) is 4.78. The fourth-order valence-electron chi connectivity index (χ4n) is 1.53. The molecule has 0 radical (unpaired) electrons. The third-order valence-electron chi connectivity index (χ3n) is 2.30. The zero-order valence-corrected chi connectivity index (χ0v) is 8.47. The van der Waals surface area contributed by atoms with Crippen molar-refractivity contribution in [3.8, 4) is 0 Å². The fourth-order valence-corrected chi connectivity index (χ4v) is 1.53. The summed E-state index contributed by atoms with van der Waals surface area (Å²) >= 11 is 0. The summed E-state index contributed by atoms with van der Waals surface area (Å²) in [7, 11) is 0. The van der Waals surface area contributed by atoms with Gasteiger partial charge in [0.15, 0.2) is 0 Å². The summed E-state index contributed by atoms with van der Waals surface area (Å²) in [6.07, 6.45) is 5.99. The van der Waals surface area contributed by atoms with Gasteiger partial charge in [-0.15, -0.1) is 0 Å². The predicted molar refractivity (Wildman–Crippen MR) is 57.6 cm³/mol. The fraction of sp³-hybridized carbons (Fsp3) is 0.0909. The second-order valence-electron chi connectivity index (χ2n) is 3.28. The van der Waals surface area contributed by atoms with Crippen LogP contribution in [0.25, 0.3) is 0 Å². The van der Waals surface area contributed by atoms with Gasteiger partial charge in [0, 0.05) is 24.2 Å². The summed E-state index contributed by atoms with van der Waals surface area (Å²) in [6, 6.07) is 4.78. The van der Waals surface area contributed by atoms with E-state index in [4.69, 9.17) is 5.84 Å². The van der Waals surface area contributed by atoms with Crippen molar-refractivity contribution in [3.63, 3.8) is 0 Å². The van der Waals surface area contributed by atoms with Crippen LogP contribution in [0.3, 0.4) is 0 Å². The highest BCUT2D eigenvalue weighted by atomic mass is 19.1. The molecule has 0 aliphatic rings. The number of hydrogen-bond acceptors (Lipinski definition) is 4. The molecule has 0 bridgehead atoms. The van der Waals surface area contributed by atoms with E-state index in [0.29, 0.717) is 5.56 Å². The van der Waals surface area contributed by atoms with Gasteiger partial charge in [0.05, 0.1) is 12.2 Å². The summed E-state index contributed by atoms with van der Waals surface area (Å²) in [5.74, 6) is 5.05. The largest absolute Gasteiger partial charge is 0.271 e. The minimum Gasteiger partial charge on any atom is -0.271 e. The van der Waals surface area contributed by atoms with Gasteiger partial charge in [-0.25, -0.2) is 9.82 Å². The molecule has 0 amide bonds. The Morgan fingerprint density at radius 2 is 2.00 bits per heavy atom. The number of nitrogens with one attached hydrogen (secondary N) is 1. The van der Waals surface area contributed by atoms with E-state index in [9.17, 15) is 4.39 Å². The highest BCUT2D eigenvalue weighted by Crippen LogP contribution is 2.21. The molecule has 16 heavy (non-hydrogen) atoms. The van der Waals surface area contributed by atoms with E-state index in [2.05, 4.69) is 15.4 Å². The summed E-state index contributed by atoms with van der Waals surface area (Å²) in [5, 5.41) is 0. The lowest BCUT2D eigenvalue weighted by molar-refractivity contribution is 0.555. The first kappa shape index (κ1) is 10.7. The number of aromatic nitrogens is 2. The third kappa shape index (κ3) is 2.05. The van der Waals surface area contributed by atoms with Crippen LogP contribution in [0.4, 0.5) is 4.39 Å². The van der Waals surface area contributed by atoms with Gasteiger partial charge in [-0.2, -0.15) is 0 Å². The molecule has 2 rings (SSSR count). The molecule has 0 aliphatic carbocycles. The summed E-state index contributed by atoms with van der Waals surface area (Å²) in [4.78, 5) is 7.67. The van der Waals surface area contributed by atoms with Gasteiger partial charge >= 0.3 is 0 Å². The molecule has 1 unspecified atom stereocenters. The Morgan fingerprint density at radius 1 is 1.19 bits per heavy atom. The van der Waals surface area contributed by atoms with Crippen molar-refractivity contribution in [2.24, 2.45) is 5.84 Å². The summed E-state index contributed by atoms with van der Waals surface area (Å²) < 4.78 is 13.5. The molecule has 4 nitrogen and oxygen atoms in total. The van der Waals surface area contributed by atoms with Crippen molar-refractivity contribution in [1.29, 1.82) is 0 Å². The van der Waals surface area contributed by atoms with Crippen LogP contribution < -0.4 is 11.3 Å². The third-order valence-corrected chi connectivity index (χ3v) is 2.30. The number of halogens is 1. The monoisotopic (exact) mass is 218 g/mol. The Bertz CT molecular complexity index is 461. The standard InChI is InChI=1S/C11H11FN4/c12-10-7-15-5-3-9(10)11(16-13)8-2-1-4-14-6-8/h1-7,11,16H,13H2. The van der Waals surface area contributed by atoms with Crippen LogP contribution in [-0.2, 0) is 0 Å². The molecule has 2 heterocycles. The average Bonchev–Trinajstić information content (AvgIpc) is 2.34. The second kappa shape index (κ2) is 4.78. The van der Waals surface area contributed by atoms with E-state index < -0.39 is 11.9 Å². The minimum absolute atomic E-state index is 0.394. The first-order valence-corrected chi connectivity index (χ1v) is 4.78. The quantitative estimate of drug-likeness (QED) is 0.599. The second-order valence-corrected chi connectivity index (χ2v) is 3.28. The van der Waals surface area contributed by atoms with Crippen LogP contribution in [0.5, 0.6) is 0 Å². The molecule has 82 valence electrons. The van der Waals surface area contributed by atoms with Crippen molar-refractivity contribution in [2.45, 2.75) is 6.04 Å². The maximum atomic E-state index is 13.5. The van der Waals surface area contributed by atoms with Gasteiger partial charge in [-0.05, 0) is 17.7 Å². The van der Waals surface area contributed by atoms with E-state index in [1.165, 1.54) is 6.20 Å². The van der Waals surface area contributed by atoms with Gasteiger partial charge in [-0.3, -0.25) is 15.8 Å². The number of hydrogen-bond donors (Lipinski definition) is 2. The molecular weight excluding hydrogens is 207 g/mol. The van der Waals surface area contributed by atoms with E-state index in [1.54, 1.807) is 24.5 Å². The average molecular weight is 218 g/mol. The Hall–Kier alpha value is -1.85. The lowest BCUT2D eigenvalue weighted by Crippen LogP contribution is -2.29. The van der Waals surface area contributed by atoms with Crippen LogP contribution in [0.1, 0.15) is 17.2 Å². The van der Waals surface area contributed by atoms with Crippen molar-refractivity contribution >= 4 is 0 Å². The molecule has 2 aromatic heterocycles. The lowest BCUT2D eigenvalue weighted by Gasteiger charge is -2.16. The minimum atomic E-state index is -0.420. The van der Waals surface area contributed by atoms with Crippen molar-refractivity contribution in [1.82, 2.24) is 15.4 Å². The Morgan fingerprint density at radius 3 is 2.62 bits per heavy atom. The van der Waals surface area contributed by atoms with Crippen LogP contribution >= 0.6 is 0 Å². The van der Waals surface area contributed by atoms with Crippen LogP contribution in [0, 0.1) is 5.82 Å². The zero-order chi connectivity index (χ0) is 11.4. The summed E-state index contributed by atoms with van der Waals surface area (Å²) in [5.41, 5.74) is 3.82. The molecule has 0 aliphatic heterocycles. The SMILES string of the molecule is NNC(c1cccnc1)c1ccncc1F. The highest BCUT2D eigenvalue weighted by Gasteiger charge is 2.16. The topological polar surface area (TPSA) is 63.8 Å². The van der Waals surface area contributed by atoms with Gasteiger partial charge in [0.1, 0.15) is 5.82 Å². The molecule has 3 N–H and O–H groups in total. The zero-order valence-electron chi connectivity index (χ0n) is 8.47. The van der Waals surface area contributed by atoms with Crippen LogP contribution in [0.2, 0.25) is 0 Å². The number of nitrogens with zero attached hydrogens (tertiary/aromatic N) is 2. The lowest BCUT2D eigenvalue weighted by atomic mass is 10.0. The van der Waals surface area contributed by atoms with E-state index in [0.717, 1.165) is 11.8 Å². The molecule has 1 atom stereocenters. The number of nitrogens with two attached hydrogens (primary N) is 1. The molecule has 2 aromatic rings. The van der Waals surface area contributed by atoms with Crippen molar-refractivity contribution in [3.05, 3.63) is 59.9 Å². The van der Waals surface area contributed by atoms with Gasteiger partial charge in [-0.1, -0.05) is 6.07 Å². The molecule has 0 spiro atoms. The maximum Gasteiger partial charge on any atom is 0.146 e. The van der Waals surface area contributed by atoms with Gasteiger partial charge in [0.2, 0.25) is 0 Å². The maximum absolute atomic E-state index is 13.5. The number of hydrazine groups is 1. The van der Waals surface area contributed by atoms with Crippen LogP contribution in [-0.4, -0.2) is 9.97 Å². The van der Waals surface area contributed by atoms with Gasteiger partial charge in [0.25, 0.3) is 0 Å². The molecule has 0 fully saturated rings. The molecule has 0 saturated carbocycles. The van der Waals surface area contributed by atoms with Crippen LogP contribution in [0.15, 0.2) is 43.0 Å². The van der Waals surface area contributed by atoms with E-state index in [-0.39, 0.29) is 0 Å². The first-order chi connectivity index (χ1) is 7.83. The Kier molecular flexibility index (Phi) is 3.19. The molecule has 0 aromatic carbocycles. The molecular formula is C11H11FN4. The van der Waals surface area contributed by atoms with E-state index in [1.807, 2.05) is 6.07 Å². The van der Waals surface area contributed by atoms with Crippen molar-refractivity contribution < 1.29 is 4.39 Å². The highest BCUT2D eigenvalue weighted by molar-refractivity contribution is 5.29. The Labute approximate surface area is 92.3 Å². The smallest absolute Gasteiger partial charge is 0.146 e. The number of pyridine rings is 2. The Balaban J connectivity index is 2.41. The normalized spacial score (nSPS) is 12.4. The number of rotatable bonds is 3. The van der Waals surface area contributed by atoms with E-state index >= 15 is 0 Å². The molecule has 5 heteroatoms. The summed E-state index contributed by atoms with van der Waals surface area (Å²) in [6.45, 7) is 0. The van der Waals surface area contributed by atoms with Gasteiger partial charge < -0.3 is 0 Å². The van der Waals surface area contributed by atoms with Crippen molar-refractivity contribution in [2.75, 3.05) is 0 Å². The predicted octanol–water partition coefficient (Wildman–Crippen LogP) is 1.17.